The molecule has 2 fully saturated rings. The van der Waals surface area contributed by atoms with E-state index in [1.54, 1.807) is 0 Å². The van der Waals surface area contributed by atoms with Crippen LogP contribution >= 0.6 is 0 Å². The second kappa shape index (κ2) is 7.21. The highest BCUT2D eigenvalue weighted by molar-refractivity contribution is 4.98. The molecule has 11 nitrogen and oxygen atoms in total. The highest BCUT2D eigenvalue weighted by Gasteiger charge is 2.56. The summed E-state index contributed by atoms with van der Waals surface area (Å²) < 4.78 is 15.3. The topological polar surface area (TPSA) is 190 Å². The molecule has 0 radical (unpaired) electrons. The highest BCUT2D eigenvalue weighted by Crippen LogP contribution is 2.33. The van der Waals surface area contributed by atoms with Crippen molar-refractivity contribution >= 4 is 0 Å². The Hall–Kier alpha value is -0.440. The maximum absolute atomic E-state index is 10.00. The zero-order valence-corrected chi connectivity index (χ0v) is 12.0. The van der Waals surface area contributed by atoms with Crippen molar-refractivity contribution in [1.82, 2.24) is 0 Å². The van der Waals surface area contributed by atoms with Crippen LogP contribution in [-0.2, 0) is 14.2 Å². The number of rotatable bonds is 5. The second-order valence-corrected chi connectivity index (χ2v) is 5.58. The van der Waals surface area contributed by atoms with Crippen LogP contribution in [0.15, 0.2) is 0 Å². The van der Waals surface area contributed by atoms with E-state index in [4.69, 9.17) is 24.4 Å². The molecule has 11 heteroatoms. The van der Waals surface area contributed by atoms with Crippen molar-refractivity contribution < 1.29 is 55.1 Å². The van der Waals surface area contributed by atoms with Crippen LogP contribution in [0, 0.1) is 0 Å². The molecule has 0 spiro atoms. The molecule has 0 aromatic rings. The fourth-order valence-electron chi connectivity index (χ4n) is 2.63. The van der Waals surface area contributed by atoms with E-state index in [0.29, 0.717) is 0 Å². The van der Waals surface area contributed by atoms with E-state index in [1.165, 1.54) is 0 Å². The second-order valence-electron chi connectivity index (χ2n) is 5.58. The first-order chi connectivity index (χ1) is 10.8. The average Bonchev–Trinajstić information content (AvgIpc) is 2.80. The lowest BCUT2D eigenvalue weighted by molar-refractivity contribution is -0.318. The normalized spacial score (nSPS) is 51.1. The molecule has 2 rings (SSSR count). The average molecular weight is 342 g/mol. The first-order valence-electron chi connectivity index (χ1n) is 7.05. The van der Waals surface area contributed by atoms with E-state index in [2.05, 4.69) is 0 Å². The summed E-state index contributed by atoms with van der Waals surface area (Å²) in [7, 11) is 0. The van der Waals surface area contributed by atoms with Gasteiger partial charge in [-0.3, -0.25) is 0 Å². The monoisotopic (exact) mass is 342 g/mol. The van der Waals surface area contributed by atoms with Crippen LogP contribution in [-0.4, -0.2) is 115 Å². The molecule has 4 unspecified atom stereocenters. The van der Waals surface area contributed by atoms with E-state index < -0.39 is 74.6 Å². The van der Waals surface area contributed by atoms with Gasteiger partial charge in [-0.05, 0) is 0 Å². The smallest absolute Gasteiger partial charge is 0.219 e. The van der Waals surface area contributed by atoms with Crippen LogP contribution in [0.2, 0.25) is 0 Å². The molecule has 8 N–H and O–H groups in total. The van der Waals surface area contributed by atoms with Gasteiger partial charge in [0.25, 0.3) is 0 Å². The van der Waals surface area contributed by atoms with Crippen molar-refractivity contribution in [2.45, 2.75) is 54.8 Å². The van der Waals surface area contributed by atoms with Gasteiger partial charge in [-0.25, -0.2) is 0 Å². The van der Waals surface area contributed by atoms with Crippen molar-refractivity contribution in [3.63, 3.8) is 0 Å². The van der Waals surface area contributed by atoms with Crippen molar-refractivity contribution in [2.24, 2.45) is 0 Å². The van der Waals surface area contributed by atoms with Gasteiger partial charge in [0.1, 0.15) is 42.7 Å². The first kappa shape index (κ1) is 18.9. The largest absolute Gasteiger partial charge is 0.394 e. The molecule has 136 valence electrons. The number of hydrogen-bond donors (Lipinski definition) is 8. The number of aliphatic hydroxyl groups excluding tert-OH is 7. The minimum atomic E-state index is -2.37. The standard InChI is InChI=1S/C12H22O11/c13-1-4-6(16)7(17)8(18)11(21-4)22-9-5(2-14)23-12(20,3-15)10(9)19/h4-11,13-20H,1-3H2/t4?,5-,6-,7+,8?,9+,10?,11-,12?/m1/s1. The number of ether oxygens (including phenoxy) is 3. The molecule has 9 atom stereocenters. The predicted molar refractivity (Wildman–Crippen MR) is 68.6 cm³/mol. The Morgan fingerprint density at radius 2 is 1.48 bits per heavy atom. The summed E-state index contributed by atoms with van der Waals surface area (Å²) in [6.45, 7) is -2.32. The van der Waals surface area contributed by atoms with Crippen molar-refractivity contribution in [2.75, 3.05) is 19.8 Å². The summed E-state index contributed by atoms with van der Waals surface area (Å²) in [5.74, 6) is -2.37. The van der Waals surface area contributed by atoms with E-state index in [-0.39, 0.29) is 0 Å². The van der Waals surface area contributed by atoms with E-state index >= 15 is 0 Å². The lowest BCUT2D eigenvalue weighted by Crippen LogP contribution is -2.60. The molecule has 2 aliphatic heterocycles. The first-order valence-corrected chi connectivity index (χ1v) is 7.05. The summed E-state index contributed by atoms with van der Waals surface area (Å²) in [6, 6.07) is 0. The summed E-state index contributed by atoms with van der Waals surface area (Å²) in [4.78, 5) is 0. The van der Waals surface area contributed by atoms with Crippen LogP contribution in [0.3, 0.4) is 0 Å². The lowest BCUT2D eigenvalue weighted by atomic mass is 9.99. The maximum Gasteiger partial charge on any atom is 0.219 e. The van der Waals surface area contributed by atoms with Gasteiger partial charge in [-0.2, -0.15) is 0 Å². The van der Waals surface area contributed by atoms with Gasteiger partial charge in [0, 0.05) is 0 Å². The van der Waals surface area contributed by atoms with Gasteiger partial charge in [0.2, 0.25) is 5.79 Å². The Morgan fingerprint density at radius 1 is 0.870 bits per heavy atom. The fraction of sp³-hybridized carbons (Fsp3) is 1.00. The molecule has 0 bridgehead atoms. The molecule has 2 heterocycles. The molecule has 23 heavy (non-hydrogen) atoms. The van der Waals surface area contributed by atoms with Crippen LogP contribution in [0.1, 0.15) is 0 Å². The van der Waals surface area contributed by atoms with Crippen LogP contribution in [0.25, 0.3) is 0 Å². The molecular weight excluding hydrogens is 320 g/mol. The SMILES string of the molecule is OCC1O[C@H](O[C@@H]2C(O)C(O)(CO)O[C@@H]2CO)C(O)[C@@H](O)[C@@H]1O. The number of aliphatic hydroxyl groups is 8. The van der Waals surface area contributed by atoms with E-state index in [1.807, 2.05) is 0 Å². The Labute approximate surface area is 130 Å². The fourth-order valence-corrected chi connectivity index (χ4v) is 2.63. The Kier molecular flexibility index (Phi) is 5.92. The van der Waals surface area contributed by atoms with Crippen LogP contribution in [0.4, 0.5) is 0 Å². The Balaban J connectivity index is 2.13. The summed E-state index contributed by atoms with van der Waals surface area (Å²) in [5.41, 5.74) is 0. The summed E-state index contributed by atoms with van der Waals surface area (Å²) >= 11 is 0. The molecule has 2 saturated heterocycles. The van der Waals surface area contributed by atoms with Crippen molar-refractivity contribution in [3.05, 3.63) is 0 Å². The minimum absolute atomic E-state index is 0.668. The van der Waals surface area contributed by atoms with Gasteiger partial charge in [-0.1, -0.05) is 0 Å². The Bertz CT molecular complexity index is 393. The van der Waals surface area contributed by atoms with Gasteiger partial charge in [0.05, 0.1) is 19.8 Å². The van der Waals surface area contributed by atoms with Gasteiger partial charge >= 0.3 is 0 Å². The maximum atomic E-state index is 10.00. The lowest BCUT2D eigenvalue weighted by Gasteiger charge is -2.41. The van der Waals surface area contributed by atoms with Crippen LogP contribution < -0.4 is 0 Å². The zero-order valence-electron chi connectivity index (χ0n) is 12.0. The minimum Gasteiger partial charge on any atom is -0.394 e. The third kappa shape index (κ3) is 3.36. The molecule has 0 aliphatic carbocycles. The summed E-state index contributed by atoms with van der Waals surface area (Å²) in [6.07, 6.45) is -12.2. The molecule has 0 aromatic carbocycles. The van der Waals surface area contributed by atoms with Crippen molar-refractivity contribution in [3.8, 4) is 0 Å². The van der Waals surface area contributed by atoms with E-state index in [0.717, 1.165) is 0 Å². The highest BCUT2D eigenvalue weighted by atomic mass is 16.7. The Morgan fingerprint density at radius 3 is 2.00 bits per heavy atom. The third-order valence-corrected chi connectivity index (χ3v) is 4.04. The molecule has 0 aromatic heterocycles. The quantitative estimate of drug-likeness (QED) is 0.238. The molecular formula is C12H22O11. The molecule has 0 amide bonds. The zero-order chi connectivity index (χ0) is 17.4. The van der Waals surface area contributed by atoms with Crippen LogP contribution in [0.5, 0.6) is 0 Å². The molecule has 0 saturated carbocycles. The van der Waals surface area contributed by atoms with Crippen molar-refractivity contribution in [1.29, 1.82) is 0 Å². The van der Waals surface area contributed by atoms with Gasteiger partial charge < -0.3 is 55.1 Å². The van der Waals surface area contributed by atoms with Gasteiger partial charge in [0.15, 0.2) is 6.29 Å². The summed E-state index contributed by atoms with van der Waals surface area (Å²) in [5, 5.41) is 76.5. The predicted octanol–water partition coefficient (Wildman–Crippen LogP) is -5.40. The number of hydrogen-bond acceptors (Lipinski definition) is 11. The third-order valence-electron chi connectivity index (χ3n) is 4.04. The molecule has 2 aliphatic rings. The van der Waals surface area contributed by atoms with Gasteiger partial charge in [-0.15, -0.1) is 0 Å². The van der Waals surface area contributed by atoms with E-state index in [9.17, 15) is 30.6 Å².